The Labute approximate surface area is 427 Å². The Morgan fingerprint density at radius 3 is 1.17 bits per heavy atom. The average molecular weight is 1010 g/mol. The lowest BCUT2D eigenvalue weighted by Crippen LogP contribution is -2.30. The largest absolute Gasteiger partial charge is 0.472 e. The van der Waals surface area contributed by atoms with E-state index in [1.54, 1.807) is 0 Å². The molecule has 0 aromatic carbocycles. The second kappa shape index (κ2) is 52.2. The van der Waals surface area contributed by atoms with Crippen molar-refractivity contribution in [3.63, 3.8) is 0 Å². The Kier molecular flexibility index (Phi) is 50.0. The van der Waals surface area contributed by atoms with Crippen LogP contribution in [0.15, 0.2) is 72.9 Å². The lowest BCUT2D eigenvalue weighted by molar-refractivity contribution is -0.161. The van der Waals surface area contributed by atoms with E-state index in [0.29, 0.717) is 19.3 Å². The number of hydrogen-bond donors (Lipinski definition) is 2. The van der Waals surface area contributed by atoms with E-state index in [9.17, 15) is 28.9 Å². The molecule has 0 aliphatic carbocycles. The lowest BCUT2D eigenvalue weighted by atomic mass is 10.1. The van der Waals surface area contributed by atoms with Crippen LogP contribution in [0.1, 0.15) is 239 Å². The summed E-state index contributed by atoms with van der Waals surface area (Å²) in [5.74, 6) is -1.50. The molecule has 0 saturated heterocycles. The van der Waals surface area contributed by atoms with Crippen molar-refractivity contribution in [2.75, 3.05) is 26.4 Å². The maximum atomic E-state index is 12.9. The Morgan fingerprint density at radius 1 is 0.414 bits per heavy atom. The molecule has 3 unspecified atom stereocenters. The molecule has 0 bridgehead atoms. The van der Waals surface area contributed by atoms with Gasteiger partial charge in [0.05, 0.1) is 19.8 Å². The maximum absolute atomic E-state index is 12.9. The number of aliphatic hydroxyl groups is 1. The first-order valence-electron chi connectivity index (χ1n) is 27.8. The summed E-state index contributed by atoms with van der Waals surface area (Å²) in [5, 5.41) is 9.76. The zero-order chi connectivity index (χ0) is 51.3. The highest BCUT2D eigenvalue weighted by molar-refractivity contribution is 7.47. The van der Waals surface area contributed by atoms with Gasteiger partial charge in [-0.2, -0.15) is 0 Å². The number of aliphatic hydroxyl groups excluding tert-OH is 1. The highest BCUT2D eigenvalue weighted by Crippen LogP contribution is 2.43. The summed E-state index contributed by atoms with van der Waals surface area (Å²) < 4.78 is 39.4. The van der Waals surface area contributed by atoms with Gasteiger partial charge in [0.2, 0.25) is 0 Å². The third kappa shape index (κ3) is 49.9. The quantitative estimate of drug-likeness (QED) is 0.0197. The monoisotopic (exact) mass is 1000 g/mol. The predicted molar refractivity (Wildman–Crippen MR) is 288 cm³/mol. The summed E-state index contributed by atoms with van der Waals surface area (Å²) in [7, 11) is -4.75. The highest BCUT2D eigenvalue weighted by atomic mass is 31.2. The molecular weight excluding hydrogens is 904 g/mol. The highest BCUT2D eigenvalue weighted by Gasteiger charge is 2.28. The van der Waals surface area contributed by atoms with Crippen LogP contribution in [0.4, 0.5) is 0 Å². The molecular formula is C58H101O11P. The molecule has 0 rings (SSSR count). The molecule has 0 spiro atoms. The average Bonchev–Trinajstić information content (AvgIpc) is 3.35. The number of rotatable bonds is 51. The number of phosphoric ester groups is 1. The third-order valence-corrected chi connectivity index (χ3v) is 12.6. The van der Waals surface area contributed by atoms with Crippen molar-refractivity contribution in [1.82, 2.24) is 0 Å². The van der Waals surface area contributed by atoms with Crippen LogP contribution in [0.3, 0.4) is 0 Å². The Hall–Kier alpha value is -3.08. The second-order valence-corrected chi connectivity index (χ2v) is 19.8. The zero-order valence-electron chi connectivity index (χ0n) is 44.5. The fraction of sp³-hybridized carbons (Fsp3) is 0.741. The summed E-state index contributed by atoms with van der Waals surface area (Å²) in [4.78, 5) is 48.4. The van der Waals surface area contributed by atoms with E-state index in [1.165, 1.54) is 57.8 Å². The molecule has 0 aliphatic heterocycles. The molecule has 0 amide bonds. The number of ether oxygens (including phenoxy) is 3. The molecule has 70 heavy (non-hydrogen) atoms. The molecule has 0 heterocycles. The van der Waals surface area contributed by atoms with E-state index < -0.39 is 57.8 Å². The smallest absolute Gasteiger partial charge is 0.462 e. The van der Waals surface area contributed by atoms with E-state index in [-0.39, 0.29) is 25.9 Å². The minimum atomic E-state index is -4.75. The topological polar surface area (TPSA) is 155 Å². The van der Waals surface area contributed by atoms with Crippen LogP contribution >= 0.6 is 7.82 Å². The summed E-state index contributed by atoms with van der Waals surface area (Å²) in [6.45, 7) is 4.44. The van der Waals surface area contributed by atoms with Crippen LogP contribution in [0.5, 0.6) is 0 Å². The van der Waals surface area contributed by atoms with Crippen molar-refractivity contribution >= 4 is 25.7 Å². The predicted octanol–water partition coefficient (Wildman–Crippen LogP) is 16.1. The van der Waals surface area contributed by atoms with Crippen LogP contribution in [0.2, 0.25) is 0 Å². The molecule has 0 saturated carbocycles. The minimum absolute atomic E-state index is 0.148. The lowest BCUT2D eigenvalue weighted by Gasteiger charge is -2.21. The number of carbonyl (C=O) groups excluding carboxylic acids is 3. The van der Waals surface area contributed by atoms with Crippen LogP contribution in [-0.2, 0) is 42.2 Å². The van der Waals surface area contributed by atoms with Gasteiger partial charge in [0, 0.05) is 19.3 Å². The van der Waals surface area contributed by atoms with Gasteiger partial charge in [-0.3, -0.25) is 23.4 Å². The van der Waals surface area contributed by atoms with Gasteiger partial charge in [-0.25, -0.2) is 4.57 Å². The summed E-state index contributed by atoms with van der Waals surface area (Å²) >= 11 is 0. The summed E-state index contributed by atoms with van der Waals surface area (Å²) in [6.07, 6.45) is 57.3. The van der Waals surface area contributed by atoms with Crippen LogP contribution in [-0.4, -0.2) is 66.5 Å². The fourth-order valence-electron chi connectivity index (χ4n) is 7.38. The molecule has 0 fully saturated rings. The summed E-state index contributed by atoms with van der Waals surface area (Å²) in [6, 6.07) is 0. The molecule has 0 aromatic rings. The van der Waals surface area contributed by atoms with Gasteiger partial charge in [0.25, 0.3) is 0 Å². The van der Waals surface area contributed by atoms with Crippen molar-refractivity contribution in [3.05, 3.63) is 72.9 Å². The van der Waals surface area contributed by atoms with Crippen molar-refractivity contribution < 1.29 is 52.2 Å². The van der Waals surface area contributed by atoms with Crippen molar-refractivity contribution in [3.8, 4) is 0 Å². The van der Waals surface area contributed by atoms with E-state index in [0.717, 1.165) is 122 Å². The van der Waals surface area contributed by atoms with E-state index in [4.69, 9.17) is 23.3 Å². The van der Waals surface area contributed by atoms with Gasteiger partial charge in [-0.05, 0) is 89.9 Å². The van der Waals surface area contributed by atoms with Gasteiger partial charge in [-0.15, -0.1) is 0 Å². The van der Waals surface area contributed by atoms with Crippen molar-refractivity contribution in [1.29, 1.82) is 0 Å². The van der Waals surface area contributed by atoms with Crippen LogP contribution in [0.25, 0.3) is 0 Å². The van der Waals surface area contributed by atoms with E-state index in [1.807, 2.05) is 0 Å². The fourth-order valence-corrected chi connectivity index (χ4v) is 8.16. The van der Waals surface area contributed by atoms with Gasteiger partial charge < -0.3 is 24.2 Å². The number of phosphoric acid groups is 1. The van der Waals surface area contributed by atoms with Gasteiger partial charge in [0.15, 0.2) is 6.10 Å². The Bertz CT molecular complexity index is 1450. The Morgan fingerprint density at radius 2 is 0.743 bits per heavy atom. The SMILES string of the molecule is CC/C=C\C/C=C\C/C=C\CCCCCCCC(=O)OCC(COP(=O)(O)OCC(CO)OC(=O)CCCCCCCCCCC)OC(=O)CCCCCCCC/C=C\C/C=C\C/C=C\CCCCC. The van der Waals surface area contributed by atoms with Crippen LogP contribution in [0, 0.1) is 0 Å². The molecule has 11 nitrogen and oxygen atoms in total. The maximum Gasteiger partial charge on any atom is 0.472 e. The van der Waals surface area contributed by atoms with Gasteiger partial charge in [-0.1, -0.05) is 203 Å². The minimum Gasteiger partial charge on any atom is -0.462 e. The molecule has 404 valence electrons. The second-order valence-electron chi connectivity index (χ2n) is 18.4. The molecule has 0 aromatic heterocycles. The summed E-state index contributed by atoms with van der Waals surface area (Å²) in [5.41, 5.74) is 0. The molecule has 2 N–H and O–H groups in total. The van der Waals surface area contributed by atoms with Gasteiger partial charge >= 0.3 is 25.7 Å². The standard InChI is InChI=1S/C58H101O11P/c1-4-7-10-13-16-19-21-23-25-26-27-28-30-32-34-37-40-43-46-49-58(62)69-55(51-65-56(60)47-44-41-38-36-33-31-29-24-22-20-17-14-11-8-5-2)53-67-70(63,64)66-52-54(50-59)68-57(61)48-45-42-39-35-18-15-12-9-6-3/h8,11,16-17,19-20,23-25,27-29,54-55,59H,4-7,9-10,12-15,18,21-22,26,30-53H2,1-3H3,(H,63,64)/b11-8-,19-16-,20-17-,25-23-,28-27-,29-24-. The molecule has 0 aliphatic rings. The number of hydrogen-bond acceptors (Lipinski definition) is 10. The van der Waals surface area contributed by atoms with E-state index >= 15 is 0 Å². The van der Waals surface area contributed by atoms with Gasteiger partial charge in [0.1, 0.15) is 12.7 Å². The van der Waals surface area contributed by atoms with Crippen LogP contribution < -0.4 is 0 Å². The molecule has 3 atom stereocenters. The molecule has 0 radical (unpaired) electrons. The Balaban J connectivity index is 4.77. The molecule has 12 heteroatoms. The first-order chi connectivity index (χ1) is 34.2. The zero-order valence-corrected chi connectivity index (χ0v) is 45.4. The van der Waals surface area contributed by atoms with Crippen molar-refractivity contribution in [2.45, 2.75) is 251 Å². The number of allylic oxidation sites excluding steroid dienone is 12. The number of carbonyl (C=O) groups is 3. The number of unbranched alkanes of at least 4 members (excludes halogenated alkanes) is 22. The number of esters is 3. The van der Waals surface area contributed by atoms with Crippen molar-refractivity contribution in [2.24, 2.45) is 0 Å². The first-order valence-corrected chi connectivity index (χ1v) is 29.3. The third-order valence-electron chi connectivity index (χ3n) is 11.6. The van der Waals surface area contributed by atoms with E-state index in [2.05, 4.69) is 93.7 Å². The normalized spacial score (nSPS) is 14.0. The first kappa shape index (κ1) is 66.9.